The molecule has 0 radical (unpaired) electrons. The van der Waals surface area contributed by atoms with Gasteiger partial charge in [-0.3, -0.25) is 9.18 Å². The van der Waals surface area contributed by atoms with Crippen molar-refractivity contribution in [1.29, 1.82) is 0 Å². The van der Waals surface area contributed by atoms with Crippen LogP contribution in [-0.2, 0) is 4.79 Å². The third-order valence-electron chi connectivity index (χ3n) is 3.51. The van der Waals surface area contributed by atoms with Gasteiger partial charge < -0.3 is 10.2 Å². The molecule has 0 aromatic heterocycles. The molecule has 104 valence electrons. The molecule has 1 N–H and O–H groups in total. The summed E-state index contributed by atoms with van der Waals surface area (Å²) in [6, 6.07) is 7.55. The Kier molecular flexibility index (Phi) is 4.77. The van der Waals surface area contributed by atoms with E-state index < -0.39 is 0 Å². The van der Waals surface area contributed by atoms with E-state index >= 15 is 0 Å². The van der Waals surface area contributed by atoms with Crippen LogP contribution in [0.3, 0.4) is 0 Å². The fourth-order valence-electron chi connectivity index (χ4n) is 2.52. The summed E-state index contributed by atoms with van der Waals surface area (Å²) in [6.07, 6.45) is 0.928. The lowest BCUT2D eigenvalue weighted by atomic mass is 10.00. The fourth-order valence-corrected chi connectivity index (χ4v) is 2.65. The maximum absolute atomic E-state index is 12.2. The van der Waals surface area contributed by atoms with Crippen molar-refractivity contribution in [3.8, 4) is 0 Å². The molecule has 1 heterocycles. The number of carbonyl (C=O) groups excluding carboxylic acids is 1. The first-order valence-corrected chi connectivity index (χ1v) is 6.81. The van der Waals surface area contributed by atoms with Gasteiger partial charge in [0.2, 0.25) is 5.91 Å². The van der Waals surface area contributed by atoms with Gasteiger partial charge >= 0.3 is 0 Å². The van der Waals surface area contributed by atoms with Gasteiger partial charge in [-0.2, -0.15) is 0 Å². The standard InChI is InChI=1S/C14H18ClFN2O/c1-18-13(19)9-12(17-8-2-7-16)14(18)10-3-5-11(15)6-4-10/h3-6,12,14,17H,2,7-9H2,1H3/t12-,14+/m0/s1. The number of halogens is 2. The van der Waals surface area contributed by atoms with Crippen LogP contribution in [0.2, 0.25) is 5.02 Å². The second kappa shape index (κ2) is 6.35. The molecule has 0 unspecified atom stereocenters. The Balaban J connectivity index is 2.13. The quantitative estimate of drug-likeness (QED) is 0.843. The molecule has 1 saturated heterocycles. The highest BCUT2D eigenvalue weighted by atomic mass is 35.5. The predicted octanol–water partition coefficient (Wildman–Crippen LogP) is 2.56. The zero-order valence-electron chi connectivity index (χ0n) is 10.9. The van der Waals surface area contributed by atoms with Crippen LogP contribution in [0.15, 0.2) is 24.3 Å². The number of nitrogens with zero attached hydrogens (tertiary/aromatic N) is 1. The maximum atomic E-state index is 12.2. The lowest BCUT2D eigenvalue weighted by Gasteiger charge is -2.26. The zero-order chi connectivity index (χ0) is 13.8. The van der Waals surface area contributed by atoms with Crippen LogP contribution in [0.25, 0.3) is 0 Å². The first-order valence-electron chi connectivity index (χ1n) is 6.44. The summed E-state index contributed by atoms with van der Waals surface area (Å²) in [6.45, 7) is 0.251. The third-order valence-corrected chi connectivity index (χ3v) is 3.77. The number of benzene rings is 1. The maximum Gasteiger partial charge on any atom is 0.224 e. The summed E-state index contributed by atoms with van der Waals surface area (Å²) in [5.41, 5.74) is 1.05. The Labute approximate surface area is 117 Å². The van der Waals surface area contributed by atoms with Crippen LogP contribution in [0.1, 0.15) is 24.4 Å². The number of amides is 1. The lowest BCUT2D eigenvalue weighted by molar-refractivity contribution is -0.127. The molecular weight excluding hydrogens is 267 g/mol. The van der Waals surface area contributed by atoms with Crippen molar-refractivity contribution in [2.45, 2.75) is 24.9 Å². The van der Waals surface area contributed by atoms with E-state index in [2.05, 4.69) is 5.32 Å². The van der Waals surface area contributed by atoms with Crippen molar-refractivity contribution in [3.63, 3.8) is 0 Å². The summed E-state index contributed by atoms with van der Waals surface area (Å²) < 4.78 is 12.2. The molecule has 3 nitrogen and oxygen atoms in total. The van der Waals surface area contributed by atoms with Gasteiger partial charge in [-0.25, -0.2) is 0 Å². The zero-order valence-corrected chi connectivity index (χ0v) is 11.7. The lowest BCUT2D eigenvalue weighted by Crippen LogP contribution is -2.35. The third kappa shape index (κ3) is 3.25. The number of likely N-dealkylation sites (N-methyl/N-ethyl adjacent to an activating group) is 1. The average molecular weight is 285 g/mol. The summed E-state index contributed by atoms with van der Waals surface area (Å²) in [5.74, 6) is 0.109. The number of nitrogens with one attached hydrogen (secondary N) is 1. The monoisotopic (exact) mass is 284 g/mol. The first kappa shape index (κ1) is 14.3. The van der Waals surface area contributed by atoms with E-state index in [9.17, 15) is 9.18 Å². The second-order valence-electron chi connectivity index (χ2n) is 4.81. The molecule has 1 aromatic carbocycles. The number of hydrogen-bond acceptors (Lipinski definition) is 2. The van der Waals surface area contributed by atoms with E-state index in [-0.39, 0.29) is 24.7 Å². The van der Waals surface area contributed by atoms with E-state index in [1.807, 2.05) is 24.3 Å². The number of alkyl halides is 1. The van der Waals surface area contributed by atoms with Gasteiger partial charge in [-0.15, -0.1) is 0 Å². The predicted molar refractivity (Wildman–Crippen MR) is 74.0 cm³/mol. The number of hydrogen-bond donors (Lipinski definition) is 1. The van der Waals surface area contributed by atoms with Crippen molar-refractivity contribution in [2.75, 3.05) is 20.3 Å². The Hall–Kier alpha value is -1.13. The van der Waals surface area contributed by atoms with Gasteiger partial charge in [0.05, 0.1) is 12.7 Å². The smallest absolute Gasteiger partial charge is 0.224 e. The number of rotatable bonds is 5. The van der Waals surface area contributed by atoms with Crippen molar-refractivity contribution >= 4 is 17.5 Å². The van der Waals surface area contributed by atoms with Gasteiger partial charge in [0.25, 0.3) is 0 Å². The molecule has 1 fully saturated rings. The van der Waals surface area contributed by atoms with Crippen molar-refractivity contribution < 1.29 is 9.18 Å². The Morgan fingerprint density at radius 1 is 1.42 bits per heavy atom. The van der Waals surface area contributed by atoms with Crippen LogP contribution >= 0.6 is 11.6 Å². The molecule has 19 heavy (non-hydrogen) atoms. The summed E-state index contributed by atoms with van der Waals surface area (Å²) in [4.78, 5) is 13.6. The number of carbonyl (C=O) groups is 1. The molecular formula is C14H18ClFN2O. The van der Waals surface area contributed by atoms with Gasteiger partial charge in [0.1, 0.15) is 0 Å². The Morgan fingerprint density at radius 2 is 2.11 bits per heavy atom. The molecule has 2 rings (SSSR count). The molecule has 1 aromatic rings. The van der Waals surface area contributed by atoms with E-state index in [0.29, 0.717) is 24.4 Å². The van der Waals surface area contributed by atoms with Crippen LogP contribution in [0.5, 0.6) is 0 Å². The topological polar surface area (TPSA) is 32.3 Å². The molecule has 0 bridgehead atoms. The molecule has 1 aliphatic rings. The highest BCUT2D eigenvalue weighted by Crippen LogP contribution is 2.32. The SMILES string of the molecule is CN1C(=O)C[C@H](NCCCF)[C@H]1c1ccc(Cl)cc1. The van der Waals surface area contributed by atoms with Crippen molar-refractivity contribution in [1.82, 2.24) is 10.2 Å². The van der Waals surface area contributed by atoms with E-state index in [1.165, 1.54) is 0 Å². The highest BCUT2D eigenvalue weighted by molar-refractivity contribution is 6.30. The van der Waals surface area contributed by atoms with E-state index in [1.54, 1.807) is 11.9 Å². The summed E-state index contributed by atoms with van der Waals surface area (Å²) in [7, 11) is 1.80. The van der Waals surface area contributed by atoms with Gasteiger partial charge in [-0.1, -0.05) is 23.7 Å². The fraction of sp³-hybridized carbons (Fsp3) is 0.500. The van der Waals surface area contributed by atoms with Crippen molar-refractivity contribution in [3.05, 3.63) is 34.9 Å². The molecule has 0 spiro atoms. The van der Waals surface area contributed by atoms with Gasteiger partial charge in [0, 0.05) is 24.5 Å². The first-order chi connectivity index (χ1) is 9.13. The van der Waals surface area contributed by atoms with E-state index in [4.69, 9.17) is 11.6 Å². The summed E-state index contributed by atoms with van der Waals surface area (Å²) >= 11 is 5.88. The second-order valence-corrected chi connectivity index (χ2v) is 5.24. The molecule has 5 heteroatoms. The van der Waals surface area contributed by atoms with Crippen molar-refractivity contribution in [2.24, 2.45) is 0 Å². The summed E-state index contributed by atoms with van der Waals surface area (Å²) in [5, 5.41) is 3.95. The minimum absolute atomic E-state index is 0.00984. The van der Waals surface area contributed by atoms with Gasteiger partial charge in [-0.05, 0) is 30.7 Å². The highest BCUT2D eigenvalue weighted by Gasteiger charge is 2.37. The normalized spacial score (nSPS) is 23.1. The Bertz CT molecular complexity index is 438. The van der Waals surface area contributed by atoms with Crippen LogP contribution in [-0.4, -0.2) is 37.1 Å². The number of likely N-dealkylation sites (tertiary alicyclic amines) is 1. The molecule has 2 atom stereocenters. The molecule has 0 aliphatic carbocycles. The minimum atomic E-state index is -0.338. The largest absolute Gasteiger partial charge is 0.337 e. The molecule has 1 amide bonds. The van der Waals surface area contributed by atoms with Gasteiger partial charge in [0.15, 0.2) is 0 Å². The molecule has 1 aliphatic heterocycles. The van der Waals surface area contributed by atoms with Crippen LogP contribution in [0.4, 0.5) is 4.39 Å². The minimum Gasteiger partial charge on any atom is -0.337 e. The van der Waals surface area contributed by atoms with Crippen LogP contribution < -0.4 is 5.32 Å². The van der Waals surface area contributed by atoms with Crippen LogP contribution in [0, 0.1) is 0 Å². The average Bonchev–Trinajstić information content (AvgIpc) is 2.67. The van der Waals surface area contributed by atoms with E-state index in [0.717, 1.165) is 5.56 Å². The Morgan fingerprint density at radius 3 is 2.74 bits per heavy atom. The molecule has 0 saturated carbocycles.